The Morgan fingerprint density at radius 1 is 1.00 bits per heavy atom. The van der Waals surface area contributed by atoms with Crippen LogP contribution in [0.15, 0.2) is 30.3 Å². The van der Waals surface area contributed by atoms with Gasteiger partial charge in [-0.25, -0.2) is 4.90 Å². The summed E-state index contributed by atoms with van der Waals surface area (Å²) in [6.07, 6.45) is 0.661. The van der Waals surface area contributed by atoms with Gasteiger partial charge in [0.15, 0.2) is 0 Å². The Balaban J connectivity index is 2.54. The monoisotopic (exact) mass is 245 g/mol. The Bertz CT molecular complexity index is 492. The minimum Gasteiger partial charge on any atom is -0.273 e. The summed E-state index contributed by atoms with van der Waals surface area (Å²) >= 11 is 0. The lowest BCUT2D eigenvalue weighted by molar-refractivity contribution is -0.131. The van der Waals surface area contributed by atoms with Crippen LogP contribution >= 0.6 is 0 Å². The molecule has 0 N–H and O–H groups in total. The molecule has 0 radical (unpaired) electrons. The van der Waals surface area contributed by atoms with Crippen LogP contribution < -0.4 is 4.90 Å². The smallest absolute Gasteiger partial charge is 0.240 e. The first-order valence-corrected chi connectivity index (χ1v) is 6.30. The molecule has 1 atom stereocenters. The molecule has 1 aliphatic rings. The van der Waals surface area contributed by atoms with E-state index in [2.05, 4.69) is 0 Å². The van der Waals surface area contributed by atoms with Crippen LogP contribution in [0.3, 0.4) is 0 Å². The van der Waals surface area contributed by atoms with Gasteiger partial charge in [-0.1, -0.05) is 25.1 Å². The standard InChI is InChI=1S/C15H19NO2/c1-5-15(4)13(18)16(12(17)14(15,2)3)11-9-7-6-8-10-11/h6-10H,5H2,1-4H3. The molecule has 96 valence electrons. The Morgan fingerprint density at radius 2 is 1.56 bits per heavy atom. The third-order valence-corrected chi connectivity index (χ3v) is 4.51. The van der Waals surface area contributed by atoms with Gasteiger partial charge in [-0.2, -0.15) is 0 Å². The van der Waals surface area contributed by atoms with Crippen molar-refractivity contribution in [2.24, 2.45) is 10.8 Å². The van der Waals surface area contributed by atoms with Gasteiger partial charge in [0.25, 0.3) is 0 Å². The highest BCUT2D eigenvalue weighted by molar-refractivity contribution is 6.24. The van der Waals surface area contributed by atoms with E-state index in [1.807, 2.05) is 45.9 Å². The van der Waals surface area contributed by atoms with E-state index < -0.39 is 10.8 Å². The van der Waals surface area contributed by atoms with Crippen LogP contribution in [-0.4, -0.2) is 11.8 Å². The number of amides is 2. The molecule has 1 saturated heterocycles. The number of nitrogens with zero attached hydrogens (tertiary/aromatic N) is 1. The van der Waals surface area contributed by atoms with Crippen molar-refractivity contribution in [3.63, 3.8) is 0 Å². The Labute approximate surface area is 108 Å². The van der Waals surface area contributed by atoms with Gasteiger partial charge in [0, 0.05) is 0 Å². The van der Waals surface area contributed by atoms with E-state index in [9.17, 15) is 9.59 Å². The van der Waals surface area contributed by atoms with Gasteiger partial charge < -0.3 is 0 Å². The van der Waals surface area contributed by atoms with Crippen molar-refractivity contribution in [1.82, 2.24) is 0 Å². The average Bonchev–Trinajstić information content (AvgIpc) is 2.50. The molecule has 1 fully saturated rings. The van der Waals surface area contributed by atoms with Crippen molar-refractivity contribution in [2.75, 3.05) is 4.90 Å². The Kier molecular flexibility index (Phi) is 2.80. The van der Waals surface area contributed by atoms with Crippen molar-refractivity contribution in [3.05, 3.63) is 30.3 Å². The third kappa shape index (κ3) is 1.43. The second kappa shape index (κ2) is 3.94. The number of hydrogen-bond donors (Lipinski definition) is 0. The van der Waals surface area contributed by atoms with Crippen molar-refractivity contribution >= 4 is 17.5 Å². The van der Waals surface area contributed by atoms with Crippen LogP contribution in [-0.2, 0) is 9.59 Å². The molecule has 3 nitrogen and oxygen atoms in total. The van der Waals surface area contributed by atoms with E-state index in [1.165, 1.54) is 4.90 Å². The van der Waals surface area contributed by atoms with E-state index in [0.717, 1.165) is 0 Å². The number of carbonyl (C=O) groups excluding carboxylic acids is 2. The number of para-hydroxylation sites is 1. The van der Waals surface area contributed by atoms with Gasteiger partial charge in [-0.3, -0.25) is 9.59 Å². The molecule has 2 amide bonds. The summed E-state index contributed by atoms with van der Waals surface area (Å²) in [5.74, 6) is -0.200. The van der Waals surface area contributed by atoms with Crippen LogP contribution in [0.4, 0.5) is 5.69 Å². The maximum atomic E-state index is 12.6. The lowest BCUT2D eigenvalue weighted by Crippen LogP contribution is -2.37. The molecule has 0 aromatic heterocycles. The summed E-state index contributed by atoms with van der Waals surface area (Å²) in [4.78, 5) is 26.4. The highest BCUT2D eigenvalue weighted by Gasteiger charge is 2.61. The quantitative estimate of drug-likeness (QED) is 0.751. The van der Waals surface area contributed by atoms with Crippen LogP contribution in [0.1, 0.15) is 34.1 Å². The Hall–Kier alpha value is -1.64. The van der Waals surface area contributed by atoms with E-state index in [1.54, 1.807) is 12.1 Å². The number of imide groups is 1. The molecule has 1 aliphatic heterocycles. The second-order valence-electron chi connectivity index (χ2n) is 5.59. The zero-order valence-electron chi connectivity index (χ0n) is 11.4. The fourth-order valence-electron chi connectivity index (χ4n) is 2.53. The summed E-state index contributed by atoms with van der Waals surface area (Å²) in [5, 5.41) is 0. The van der Waals surface area contributed by atoms with E-state index in [0.29, 0.717) is 12.1 Å². The largest absolute Gasteiger partial charge is 0.273 e. The predicted octanol–water partition coefficient (Wildman–Crippen LogP) is 3.00. The van der Waals surface area contributed by atoms with Crippen molar-refractivity contribution in [2.45, 2.75) is 34.1 Å². The van der Waals surface area contributed by atoms with E-state index >= 15 is 0 Å². The predicted molar refractivity (Wildman–Crippen MR) is 71.1 cm³/mol. The molecule has 0 aliphatic carbocycles. The maximum absolute atomic E-state index is 12.6. The Morgan fingerprint density at radius 3 is 2.00 bits per heavy atom. The highest BCUT2D eigenvalue weighted by atomic mass is 16.2. The van der Waals surface area contributed by atoms with Crippen molar-refractivity contribution in [3.8, 4) is 0 Å². The second-order valence-corrected chi connectivity index (χ2v) is 5.59. The summed E-state index contributed by atoms with van der Waals surface area (Å²) < 4.78 is 0. The molecule has 1 aromatic carbocycles. The molecule has 0 spiro atoms. The number of carbonyl (C=O) groups is 2. The van der Waals surface area contributed by atoms with Crippen LogP contribution in [0.25, 0.3) is 0 Å². The fraction of sp³-hybridized carbons (Fsp3) is 0.467. The molecule has 3 heteroatoms. The normalized spacial score (nSPS) is 26.8. The van der Waals surface area contributed by atoms with Crippen LogP contribution in [0, 0.1) is 10.8 Å². The highest BCUT2D eigenvalue weighted by Crippen LogP contribution is 2.50. The average molecular weight is 245 g/mol. The molecule has 1 unspecified atom stereocenters. The first-order valence-electron chi connectivity index (χ1n) is 6.30. The molecule has 2 rings (SSSR count). The molecule has 1 aromatic rings. The van der Waals surface area contributed by atoms with Gasteiger partial charge in [0.1, 0.15) is 0 Å². The van der Waals surface area contributed by atoms with Gasteiger partial charge in [-0.05, 0) is 39.3 Å². The summed E-state index contributed by atoms with van der Waals surface area (Å²) in [6, 6.07) is 9.15. The molecule has 0 bridgehead atoms. The van der Waals surface area contributed by atoms with Crippen LogP contribution in [0.5, 0.6) is 0 Å². The lowest BCUT2D eigenvalue weighted by atomic mass is 9.67. The zero-order chi connectivity index (χ0) is 13.6. The summed E-state index contributed by atoms with van der Waals surface area (Å²) in [6.45, 7) is 7.57. The minimum absolute atomic E-state index is 0.0915. The molecule has 18 heavy (non-hydrogen) atoms. The van der Waals surface area contributed by atoms with Gasteiger partial charge >= 0.3 is 0 Å². The van der Waals surface area contributed by atoms with E-state index in [-0.39, 0.29) is 11.8 Å². The molecule has 0 saturated carbocycles. The van der Waals surface area contributed by atoms with Crippen LogP contribution in [0.2, 0.25) is 0 Å². The minimum atomic E-state index is -0.658. The summed E-state index contributed by atoms with van der Waals surface area (Å²) in [5.41, 5.74) is -0.619. The lowest BCUT2D eigenvalue weighted by Gasteiger charge is -2.31. The van der Waals surface area contributed by atoms with Crippen molar-refractivity contribution < 1.29 is 9.59 Å². The third-order valence-electron chi connectivity index (χ3n) is 4.51. The first-order chi connectivity index (χ1) is 8.36. The zero-order valence-corrected chi connectivity index (χ0v) is 11.4. The van der Waals surface area contributed by atoms with E-state index in [4.69, 9.17) is 0 Å². The number of anilines is 1. The van der Waals surface area contributed by atoms with Gasteiger partial charge in [0.2, 0.25) is 11.8 Å². The molecular weight excluding hydrogens is 226 g/mol. The van der Waals surface area contributed by atoms with Gasteiger partial charge in [0.05, 0.1) is 16.5 Å². The van der Waals surface area contributed by atoms with Gasteiger partial charge in [-0.15, -0.1) is 0 Å². The topological polar surface area (TPSA) is 37.4 Å². The maximum Gasteiger partial charge on any atom is 0.240 e. The first kappa shape index (κ1) is 12.8. The summed E-state index contributed by atoms with van der Waals surface area (Å²) in [7, 11) is 0. The molecule has 1 heterocycles. The molecular formula is C15H19NO2. The number of rotatable bonds is 2. The number of hydrogen-bond acceptors (Lipinski definition) is 2. The number of benzene rings is 1. The SMILES string of the molecule is CCC1(C)C(=O)N(c2ccccc2)C(=O)C1(C)C. The fourth-order valence-corrected chi connectivity index (χ4v) is 2.53. The van der Waals surface area contributed by atoms with Crippen molar-refractivity contribution in [1.29, 1.82) is 0 Å².